The minimum atomic E-state index is -3.17. The van der Waals surface area contributed by atoms with E-state index in [1.165, 1.54) is 4.31 Å². The van der Waals surface area contributed by atoms with Crippen LogP contribution in [-0.4, -0.2) is 20.7 Å². The van der Waals surface area contributed by atoms with Gasteiger partial charge in [0.25, 0.3) is 0 Å². The molecule has 4 nitrogen and oxygen atoms in total. The van der Waals surface area contributed by atoms with Crippen molar-refractivity contribution >= 4 is 33.0 Å². The molecule has 1 heterocycles. The average Bonchev–Trinajstić information content (AvgIpc) is 2.46. The quantitative estimate of drug-likeness (QED) is 0.763. The number of anilines is 2. The summed E-state index contributed by atoms with van der Waals surface area (Å²) in [6.45, 7) is 0.494. The lowest BCUT2D eigenvalue weighted by molar-refractivity contribution is 0.599. The molecule has 1 aromatic rings. The SMILES string of the molecule is Nc1cc(Cl)ccc1N1CCCS1(=O)=O. The molecule has 2 N–H and O–H groups in total. The van der Waals surface area contributed by atoms with Crippen LogP contribution in [0.1, 0.15) is 6.42 Å². The van der Waals surface area contributed by atoms with Gasteiger partial charge in [0.2, 0.25) is 10.0 Å². The van der Waals surface area contributed by atoms with Crippen LogP contribution in [0.3, 0.4) is 0 Å². The summed E-state index contributed by atoms with van der Waals surface area (Å²) in [4.78, 5) is 0. The standard InChI is InChI=1S/C9H11ClN2O2S/c10-7-2-3-9(8(11)6-7)12-4-1-5-15(12,13)14/h2-3,6H,1,4-5,11H2. The van der Waals surface area contributed by atoms with Crippen molar-refractivity contribution in [3.8, 4) is 0 Å². The molecule has 82 valence electrons. The van der Waals surface area contributed by atoms with E-state index in [0.29, 0.717) is 29.4 Å². The Morgan fingerprint density at radius 2 is 2.13 bits per heavy atom. The van der Waals surface area contributed by atoms with E-state index >= 15 is 0 Å². The highest BCUT2D eigenvalue weighted by Crippen LogP contribution is 2.31. The first-order chi connectivity index (χ1) is 7.00. The van der Waals surface area contributed by atoms with E-state index in [-0.39, 0.29) is 5.75 Å². The zero-order chi connectivity index (χ0) is 11.1. The van der Waals surface area contributed by atoms with Gasteiger partial charge in [-0.25, -0.2) is 8.42 Å². The average molecular weight is 247 g/mol. The third-order valence-corrected chi connectivity index (χ3v) is 4.45. The highest BCUT2D eigenvalue weighted by atomic mass is 35.5. The summed E-state index contributed by atoms with van der Waals surface area (Å²) in [7, 11) is -3.17. The highest BCUT2D eigenvalue weighted by Gasteiger charge is 2.29. The molecule has 6 heteroatoms. The van der Waals surface area contributed by atoms with E-state index in [0.717, 1.165) is 0 Å². The molecule has 0 bridgehead atoms. The van der Waals surface area contributed by atoms with Gasteiger partial charge < -0.3 is 5.73 Å². The molecule has 0 radical (unpaired) electrons. The van der Waals surface area contributed by atoms with Crippen LogP contribution >= 0.6 is 11.6 Å². The van der Waals surface area contributed by atoms with Crippen LogP contribution in [0.5, 0.6) is 0 Å². The third-order valence-electron chi connectivity index (χ3n) is 2.36. The van der Waals surface area contributed by atoms with Crippen molar-refractivity contribution in [3.05, 3.63) is 23.2 Å². The maximum atomic E-state index is 11.6. The van der Waals surface area contributed by atoms with Crippen molar-refractivity contribution in [2.45, 2.75) is 6.42 Å². The summed E-state index contributed by atoms with van der Waals surface area (Å²) in [6, 6.07) is 4.84. The van der Waals surface area contributed by atoms with Gasteiger partial charge in [0.15, 0.2) is 0 Å². The van der Waals surface area contributed by atoms with E-state index < -0.39 is 10.0 Å². The van der Waals surface area contributed by atoms with Gasteiger partial charge in [-0.15, -0.1) is 0 Å². The van der Waals surface area contributed by atoms with Gasteiger partial charge in [-0.3, -0.25) is 4.31 Å². The van der Waals surface area contributed by atoms with Crippen molar-refractivity contribution in [3.63, 3.8) is 0 Å². The van der Waals surface area contributed by atoms with Gasteiger partial charge in [-0.1, -0.05) is 11.6 Å². The van der Waals surface area contributed by atoms with E-state index in [4.69, 9.17) is 17.3 Å². The van der Waals surface area contributed by atoms with Crippen molar-refractivity contribution in [2.75, 3.05) is 22.3 Å². The fourth-order valence-electron chi connectivity index (χ4n) is 1.66. The Bertz CT molecular complexity index is 487. The molecule has 0 saturated carbocycles. The van der Waals surface area contributed by atoms with E-state index in [9.17, 15) is 8.42 Å². The number of nitrogen functional groups attached to an aromatic ring is 1. The number of hydrogen-bond donors (Lipinski definition) is 1. The molecule has 0 aliphatic carbocycles. The number of nitrogens with zero attached hydrogens (tertiary/aromatic N) is 1. The molecule has 2 rings (SSSR count). The Kier molecular flexibility index (Phi) is 2.52. The van der Waals surface area contributed by atoms with Gasteiger partial charge in [0.1, 0.15) is 0 Å². The van der Waals surface area contributed by atoms with Crippen LogP contribution < -0.4 is 10.0 Å². The zero-order valence-corrected chi connectivity index (χ0v) is 9.55. The maximum Gasteiger partial charge on any atom is 0.235 e. The largest absolute Gasteiger partial charge is 0.397 e. The van der Waals surface area contributed by atoms with Crippen molar-refractivity contribution in [1.82, 2.24) is 0 Å². The predicted molar refractivity (Wildman–Crippen MR) is 61.6 cm³/mol. The second kappa shape index (κ2) is 3.57. The predicted octanol–water partition coefficient (Wildman–Crippen LogP) is 1.46. The molecule has 1 aliphatic heterocycles. The molecule has 1 aliphatic rings. The minimum Gasteiger partial charge on any atom is -0.397 e. The van der Waals surface area contributed by atoms with E-state index in [2.05, 4.69) is 0 Å². The monoisotopic (exact) mass is 246 g/mol. The Balaban J connectivity index is 2.46. The second-order valence-electron chi connectivity index (χ2n) is 3.44. The molecule has 1 fully saturated rings. The first kappa shape index (κ1) is 10.6. The number of hydrogen-bond acceptors (Lipinski definition) is 3. The van der Waals surface area contributed by atoms with E-state index in [1.54, 1.807) is 18.2 Å². The molecule has 0 amide bonds. The Hall–Kier alpha value is -0.940. The fraction of sp³-hybridized carbons (Fsp3) is 0.333. The molecule has 1 saturated heterocycles. The van der Waals surface area contributed by atoms with Crippen LogP contribution in [0.4, 0.5) is 11.4 Å². The van der Waals surface area contributed by atoms with Crippen LogP contribution in [0, 0.1) is 0 Å². The lowest BCUT2D eigenvalue weighted by Crippen LogP contribution is -2.25. The Morgan fingerprint density at radius 1 is 1.40 bits per heavy atom. The van der Waals surface area contributed by atoms with Gasteiger partial charge in [-0.2, -0.15) is 0 Å². The lowest BCUT2D eigenvalue weighted by Gasteiger charge is -2.18. The smallest absolute Gasteiger partial charge is 0.235 e. The van der Waals surface area contributed by atoms with Gasteiger partial charge in [0, 0.05) is 11.6 Å². The molecule has 0 unspecified atom stereocenters. The first-order valence-corrected chi connectivity index (χ1v) is 6.55. The van der Waals surface area contributed by atoms with Crippen LogP contribution in [-0.2, 0) is 10.0 Å². The fourth-order valence-corrected chi connectivity index (χ4v) is 3.43. The highest BCUT2D eigenvalue weighted by molar-refractivity contribution is 7.93. The Morgan fingerprint density at radius 3 is 2.67 bits per heavy atom. The normalized spacial score (nSPS) is 19.4. The summed E-state index contributed by atoms with van der Waals surface area (Å²) in [5.41, 5.74) is 6.65. The van der Waals surface area contributed by atoms with Crippen molar-refractivity contribution in [2.24, 2.45) is 0 Å². The third kappa shape index (κ3) is 1.89. The molecule has 15 heavy (non-hydrogen) atoms. The number of sulfonamides is 1. The summed E-state index contributed by atoms with van der Waals surface area (Å²) < 4.78 is 24.6. The van der Waals surface area contributed by atoms with Crippen molar-refractivity contribution < 1.29 is 8.42 Å². The molecule has 1 aromatic carbocycles. The topological polar surface area (TPSA) is 63.4 Å². The number of rotatable bonds is 1. The zero-order valence-electron chi connectivity index (χ0n) is 7.98. The molecular formula is C9H11ClN2O2S. The van der Waals surface area contributed by atoms with E-state index in [1.807, 2.05) is 0 Å². The van der Waals surface area contributed by atoms with Crippen LogP contribution in [0.15, 0.2) is 18.2 Å². The van der Waals surface area contributed by atoms with Gasteiger partial charge >= 0.3 is 0 Å². The second-order valence-corrected chi connectivity index (χ2v) is 5.89. The Labute approximate surface area is 93.7 Å². The van der Waals surface area contributed by atoms with Crippen LogP contribution in [0.25, 0.3) is 0 Å². The summed E-state index contributed by atoms with van der Waals surface area (Å²) >= 11 is 5.75. The molecule has 0 spiro atoms. The van der Waals surface area contributed by atoms with Gasteiger partial charge in [0.05, 0.1) is 17.1 Å². The van der Waals surface area contributed by atoms with Gasteiger partial charge in [-0.05, 0) is 24.6 Å². The minimum absolute atomic E-state index is 0.190. The lowest BCUT2D eigenvalue weighted by atomic mass is 10.2. The number of benzene rings is 1. The molecule has 0 atom stereocenters. The maximum absolute atomic E-state index is 11.6. The summed E-state index contributed by atoms with van der Waals surface area (Å²) in [5, 5.41) is 0.507. The molecular weight excluding hydrogens is 236 g/mol. The summed E-state index contributed by atoms with van der Waals surface area (Å²) in [5.74, 6) is 0.190. The molecule has 0 aromatic heterocycles. The van der Waals surface area contributed by atoms with Crippen LogP contribution in [0.2, 0.25) is 5.02 Å². The first-order valence-electron chi connectivity index (χ1n) is 4.56. The summed E-state index contributed by atoms with van der Waals surface area (Å²) in [6.07, 6.45) is 0.643. The number of nitrogens with two attached hydrogens (primary N) is 1. The number of halogens is 1. The van der Waals surface area contributed by atoms with Crippen molar-refractivity contribution in [1.29, 1.82) is 0 Å².